The van der Waals surface area contributed by atoms with Crippen LogP contribution in [0.1, 0.15) is 48.3 Å². The molecular weight excluding hydrogens is 542 g/mol. The second-order valence-corrected chi connectivity index (χ2v) is 10.0. The average Bonchev–Trinajstić information content (AvgIpc) is 3.35. The summed E-state index contributed by atoms with van der Waals surface area (Å²) in [4.78, 5) is 17.6. The van der Waals surface area contributed by atoms with Gasteiger partial charge in [0.15, 0.2) is 11.5 Å². The van der Waals surface area contributed by atoms with Gasteiger partial charge in [-0.1, -0.05) is 42.3 Å². The van der Waals surface area contributed by atoms with Crippen LogP contribution in [-0.4, -0.2) is 49.9 Å². The smallest absolute Gasteiger partial charge is 0.251 e. The van der Waals surface area contributed by atoms with Gasteiger partial charge in [-0.3, -0.25) is 4.79 Å². The Morgan fingerprint density at radius 2 is 1.59 bits per heavy atom. The minimum Gasteiger partial charge on any atom is -0.493 e. The van der Waals surface area contributed by atoms with E-state index >= 15 is 0 Å². The van der Waals surface area contributed by atoms with E-state index in [0.29, 0.717) is 41.0 Å². The van der Waals surface area contributed by atoms with Crippen molar-refractivity contribution in [1.29, 1.82) is 0 Å². The number of aryl methyl sites for hydroxylation is 2. The average molecular weight is 580 g/mol. The van der Waals surface area contributed by atoms with Crippen LogP contribution in [0.15, 0.2) is 60.7 Å². The number of methoxy groups -OCH3 is 3. The molecule has 1 heterocycles. The number of halogens is 1. The summed E-state index contributed by atoms with van der Waals surface area (Å²) >= 11 is 6.19. The summed E-state index contributed by atoms with van der Waals surface area (Å²) in [7, 11) is 4.60. The van der Waals surface area contributed by atoms with Crippen molar-refractivity contribution in [1.82, 2.24) is 14.9 Å². The van der Waals surface area contributed by atoms with Crippen LogP contribution in [0, 0.1) is 0 Å². The van der Waals surface area contributed by atoms with Crippen LogP contribution >= 0.6 is 11.6 Å². The van der Waals surface area contributed by atoms with Crippen molar-refractivity contribution in [3.8, 4) is 23.0 Å². The van der Waals surface area contributed by atoms with Crippen LogP contribution in [0.25, 0.3) is 11.0 Å². The molecule has 0 spiro atoms. The number of unbranched alkanes of at least 4 members (excludes halogenated alkanes) is 3. The summed E-state index contributed by atoms with van der Waals surface area (Å²) < 4.78 is 24.2. The molecule has 1 aromatic heterocycles. The molecule has 9 heteroatoms. The molecule has 0 aliphatic rings. The maximum atomic E-state index is 12.7. The Hall–Kier alpha value is -3.91. The van der Waals surface area contributed by atoms with Crippen LogP contribution < -0.4 is 24.3 Å². The van der Waals surface area contributed by atoms with Gasteiger partial charge in [-0.15, -0.1) is 0 Å². The lowest BCUT2D eigenvalue weighted by Crippen LogP contribution is -2.24. The topological polar surface area (TPSA) is 83.8 Å². The molecule has 3 aromatic carbocycles. The molecule has 0 saturated carbocycles. The Balaban J connectivity index is 1.24. The largest absolute Gasteiger partial charge is 0.493 e. The molecule has 218 valence electrons. The molecule has 0 atom stereocenters. The van der Waals surface area contributed by atoms with Gasteiger partial charge in [-0.2, -0.15) is 0 Å². The Kier molecular flexibility index (Phi) is 11.1. The Morgan fingerprint density at radius 3 is 2.32 bits per heavy atom. The summed E-state index contributed by atoms with van der Waals surface area (Å²) in [5, 5.41) is 3.63. The maximum absolute atomic E-state index is 12.7. The van der Waals surface area contributed by atoms with Crippen molar-refractivity contribution in [2.75, 3.05) is 34.5 Å². The van der Waals surface area contributed by atoms with Crippen LogP contribution in [0.4, 0.5) is 0 Å². The van der Waals surface area contributed by atoms with E-state index in [-0.39, 0.29) is 5.91 Å². The molecule has 0 unspecified atom stereocenters. The lowest BCUT2D eigenvalue weighted by molar-refractivity contribution is 0.0952. The van der Waals surface area contributed by atoms with Crippen molar-refractivity contribution < 1.29 is 23.7 Å². The number of amides is 1. The molecule has 0 bridgehead atoms. The molecule has 1 amide bonds. The number of carbonyl (C=O) groups is 1. The van der Waals surface area contributed by atoms with E-state index < -0.39 is 0 Å². The zero-order valence-electron chi connectivity index (χ0n) is 24.0. The first-order valence-corrected chi connectivity index (χ1v) is 14.3. The molecule has 0 radical (unpaired) electrons. The Bertz CT molecular complexity index is 1410. The number of hydrogen-bond donors (Lipinski definition) is 1. The summed E-state index contributed by atoms with van der Waals surface area (Å²) in [5.41, 5.74) is 2.64. The highest BCUT2D eigenvalue weighted by atomic mass is 35.5. The summed E-state index contributed by atoms with van der Waals surface area (Å²) in [6.07, 6.45) is 5.61. The number of para-hydroxylation sites is 3. The highest BCUT2D eigenvalue weighted by Gasteiger charge is 2.17. The molecule has 41 heavy (non-hydrogen) atoms. The number of benzene rings is 3. The molecule has 4 aromatic rings. The molecular formula is C32H38ClN3O5. The highest BCUT2D eigenvalue weighted by molar-refractivity contribution is 6.32. The number of aromatic nitrogens is 2. The van der Waals surface area contributed by atoms with E-state index in [2.05, 4.69) is 28.1 Å². The van der Waals surface area contributed by atoms with Crippen LogP contribution in [0.2, 0.25) is 5.02 Å². The number of imidazole rings is 1. The van der Waals surface area contributed by atoms with Gasteiger partial charge in [0.25, 0.3) is 5.91 Å². The minimum absolute atomic E-state index is 0.176. The Morgan fingerprint density at radius 1 is 0.854 bits per heavy atom. The number of hydrogen-bond acceptors (Lipinski definition) is 6. The fraction of sp³-hybridized carbons (Fsp3) is 0.375. The quantitative estimate of drug-likeness (QED) is 0.148. The zero-order valence-corrected chi connectivity index (χ0v) is 24.7. The van der Waals surface area contributed by atoms with Crippen molar-refractivity contribution in [2.45, 2.75) is 45.1 Å². The van der Waals surface area contributed by atoms with Crippen molar-refractivity contribution in [2.24, 2.45) is 0 Å². The van der Waals surface area contributed by atoms with Gasteiger partial charge in [0, 0.05) is 25.1 Å². The fourth-order valence-corrected chi connectivity index (χ4v) is 4.97. The predicted molar refractivity (Wildman–Crippen MR) is 162 cm³/mol. The van der Waals surface area contributed by atoms with Crippen LogP contribution in [0.5, 0.6) is 23.0 Å². The molecule has 0 saturated heterocycles. The molecule has 4 rings (SSSR count). The van der Waals surface area contributed by atoms with E-state index in [1.807, 2.05) is 30.3 Å². The van der Waals surface area contributed by atoms with Crippen molar-refractivity contribution >= 4 is 28.5 Å². The maximum Gasteiger partial charge on any atom is 0.251 e. The van der Waals surface area contributed by atoms with E-state index in [0.717, 1.165) is 67.7 Å². The third-order valence-electron chi connectivity index (χ3n) is 6.89. The van der Waals surface area contributed by atoms with Gasteiger partial charge < -0.3 is 28.8 Å². The SMILES string of the molecule is COc1cc(C(=O)NCCCCCc2nc3ccccc3n2CCCCOc2ccccc2Cl)cc(OC)c1OC. The molecule has 0 fully saturated rings. The summed E-state index contributed by atoms with van der Waals surface area (Å²) in [5.74, 6) is 3.01. The molecule has 8 nitrogen and oxygen atoms in total. The van der Waals surface area contributed by atoms with E-state index in [9.17, 15) is 4.79 Å². The number of carbonyl (C=O) groups excluding carboxylic acids is 1. The van der Waals surface area contributed by atoms with Gasteiger partial charge in [-0.05, 0) is 62.1 Å². The molecule has 0 aliphatic carbocycles. The highest BCUT2D eigenvalue weighted by Crippen LogP contribution is 2.38. The lowest BCUT2D eigenvalue weighted by atomic mass is 10.1. The van der Waals surface area contributed by atoms with E-state index in [1.54, 1.807) is 12.1 Å². The van der Waals surface area contributed by atoms with Gasteiger partial charge in [0.05, 0.1) is 44.0 Å². The molecule has 0 aliphatic heterocycles. The van der Waals surface area contributed by atoms with Gasteiger partial charge >= 0.3 is 0 Å². The second-order valence-electron chi connectivity index (χ2n) is 9.63. The number of fused-ring (bicyclic) bond motifs is 1. The first-order valence-electron chi connectivity index (χ1n) is 14.0. The lowest BCUT2D eigenvalue weighted by Gasteiger charge is -2.14. The second kappa shape index (κ2) is 15.2. The first-order chi connectivity index (χ1) is 20.0. The number of nitrogens with zero attached hydrogens (tertiary/aromatic N) is 2. The van der Waals surface area contributed by atoms with Crippen LogP contribution in [0.3, 0.4) is 0 Å². The summed E-state index contributed by atoms with van der Waals surface area (Å²) in [6, 6.07) is 19.1. The Labute approximate surface area is 246 Å². The fourth-order valence-electron chi connectivity index (χ4n) is 4.78. The van der Waals surface area contributed by atoms with Crippen molar-refractivity contribution in [3.63, 3.8) is 0 Å². The van der Waals surface area contributed by atoms with Crippen LogP contribution in [-0.2, 0) is 13.0 Å². The third-order valence-corrected chi connectivity index (χ3v) is 7.21. The first kappa shape index (κ1) is 30.1. The standard InChI is InChI=1S/C32H38ClN3O5/c1-38-28-21-23(22-29(39-2)31(28)40-3)32(37)34-18-10-4-5-17-30-35-25-14-7-8-15-26(25)36(30)19-11-12-20-41-27-16-9-6-13-24(27)33/h6-9,13-16,21-22H,4-5,10-12,17-20H2,1-3H3,(H,34,37). The normalized spacial score (nSPS) is 10.9. The van der Waals surface area contributed by atoms with E-state index in [4.69, 9.17) is 35.5 Å². The third kappa shape index (κ3) is 7.85. The monoisotopic (exact) mass is 579 g/mol. The number of ether oxygens (including phenoxy) is 4. The summed E-state index contributed by atoms with van der Waals surface area (Å²) in [6.45, 7) is 2.08. The molecule has 1 N–H and O–H groups in total. The number of nitrogens with one attached hydrogen (secondary N) is 1. The minimum atomic E-state index is -0.176. The van der Waals surface area contributed by atoms with Gasteiger partial charge in [0.1, 0.15) is 11.6 Å². The van der Waals surface area contributed by atoms with Crippen molar-refractivity contribution in [3.05, 3.63) is 77.1 Å². The zero-order chi connectivity index (χ0) is 29.0. The predicted octanol–water partition coefficient (Wildman–Crippen LogP) is 6.72. The van der Waals surface area contributed by atoms with E-state index in [1.165, 1.54) is 21.3 Å². The van der Waals surface area contributed by atoms with Gasteiger partial charge in [0.2, 0.25) is 5.75 Å². The number of rotatable bonds is 16. The van der Waals surface area contributed by atoms with Gasteiger partial charge in [-0.25, -0.2) is 4.98 Å².